The summed E-state index contributed by atoms with van der Waals surface area (Å²) in [5, 5.41) is 17.9. The Labute approximate surface area is 185 Å². The first kappa shape index (κ1) is 23.1. The van der Waals surface area contributed by atoms with Crippen LogP contribution in [0.1, 0.15) is 36.8 Å². The monoisotopic (exact) mass is 457 g/mol. The summed E-state index contributed by atoms with van der Waals surface area (Å²) in [6.45, 7) is 6.97. The van der Waals surface area contributed by atoms with E-state index in [9.17, 15) is 23.3 Å². The molecular weight excluding hydrogens is 434 g/mol. The Balaban J connectivity index is 1.82. The number of amides is 1. The Morgan fingerprint density at radius 2 is 1.66 bits per heavy atom. The Hall–Kier alpha value is -3.57. The number of carbonyl (C=O) groups excluding carboxylic acids is 1. The van der Waals surface area contributed by atoms with E-state index in [4.69, 9.17) is 0 Å². The Morgan fingerprint density at radius 3 is 2.19 bits per heavy atom. The number of nitrogens with one attached hydrogen (secondary N) is 2. The molecule has 0 spiro atoms. The zero-order valence-corrected chi connectivity index (χ0v) is 18.8. The van der Waals surface area contributed by atoms with Gasteiger partial charge in [-0.3, -0.25) is 14.9 Å². The van der Waals surface area contributed by atoms with Crippen LogP contribution in [-0.4, -0.2) is 34.6 Å². The van der Waals surface area contributed by atoms with Gasteiger partial charge in [0, 0.05) is 29.3 Å². The second-order valence-corrected chi connectivity index (χ2v) is 9.87. The van der Waals surface area contributed by atoms with Crippen LogP contribution in [0.5, 0.6) is 0 Å². The SMILES string of the molecule is Cc1cc(NC(=O)c2ccc(S(=O)(=O)NC(C)(C)C)cc2)n(-c2ccc([N+](=O)[O-])cc2)n1. The summed E-state index contributed by atoms with van der Waals surface area (Å²) in [5.74, 6) is -0.0896. The number of nitro benzene ring substituents is 1. The van der Waals surface area contributed by atoms with Gasteiger partial charge < -0.3 is 5.32 Å². The normalized spacial score (nSPS) is 11.9. The van der Waals surface area contributed by atoms with Gasteiger partial charge in [-0.15, -0.1) is 0 Å². The number of rotatable bonds is 6. The summed E-state index contributed by atoms with van der Waals surface area (Å²) in [6, 6.07) is 13.0. The van der Waals surface area contributed by atoms with Crippen LogP contribution in [0, 0.1) is 17.0 Å². The van der Waals surface area contributed by atoms with Crippen LogP contribution in [0.25, 0.3) is 5.69 Å². The number of aryl methyl sites for hydroxylation is 1. The lowest BCUT2D eigenvalue weighted by molar-refractivity contribution is -0.384. The highest BCUT2D eigenvalue weighted by molar-refractivity contribution is 7.89. The molecule has 1 amide bonds. The van der Waals surface area contributed by atoms with E-state index in [0.29, 0.717) is 17.2 Å². The number of hydrogen-bond acceptors (Lipinski definition) is 6. The molecule has 2 aromatic carbocycles. The van der Waals surface area contributed by atoms with Crippen molar-refractivity contribution in [3.63, 3.8) is 0 Å². The van der Waals surface area contributed by atoms with Crippen molar-refractivity contribution in [2.24, 2.45) is 0 Å². The minimum atomic E-state index is -3.71. The molecule has 0 atom stereocenters. The fourth-order valence-electron chi connectivity index (χ4n) is 2.94. The third-order valence-electron chi connectivity index (χ3n) is 4.25. The molecule has 0 saturated heterocycles. The van der Waals surface area contributed by atoms with Crippen LogP contribution in [0.3, 0.4) is 0 Å². The van der Waals surface area contributed by atoms with Crippen molar-refractivity contribution in [1.29, 1.82) is 0 Å². The third kappa shape index (κ3) is 5.37. The molecule has 0 radical (unpaired) electrons. The van der Waals surface area contributed by atoms with Crippen LogP contribution >= 0.6 is 0 Å². The van der Waals surface area contributed by atoms with Crippen LogP contribution in [0.2, 0.25) is 0 Å². The average molecular weight is 458 g/mol. The third-order valence-corrected chi connectivity index (χ3v) is 6.02. The minimum Gasteiger partial charge on any atom is -0.306 e. The van der Waals surface area contributed by atoms with Crippen LogP contribution < -0.4 is 10.0 Å². The van der Waals surface area contributed by atoms with E-state index in [1.165, 1.54) is 53.2 Å². The highest BCUT2D eigenvalue weighted by Crippen LogP contribution is 2.21. The molecule has 0 bridgehead atoms. The molecule has 10 nitrogen and oxygen atoms in total. The standard InChI is InChI=1S/C21H23N5O5S/c1-14-13-19(25(23-14)16-7-9-17(10-8-16)26(28)29)22-20(27)15-5-11-18(12-6-15)32(30,31)24-21(2,3)4/h5-13,24H,1-4H3,(H,22,27). The predicted molar refractivity (Wildman–Crippen MR) is 119 cm³/mol. The van der Waals surface area contributed by atoms with E-state index < -0.39 is 26.4 Å². The van der Waals surface area contributed by atoms with Crippen molar-refractivity contribution >= 4 is 27.4 Å². The first-order valence-corrected chi connectivity index (χ1v) is 11.1. The smallest absolute Gasteiger partial charge is 0.269 e. The number of nitro groups is 1. The number of non-ortho nitro benzene ring substituents is 1. The van der Waals surface area contributed by atoms with Gasteiger partial charge in [0.25, 0.3) is 11.6 Å². The lowest BCUT2D eigenvalue weighted by atomic mass is 10.1. The molecule has 0 saturated carbocycles. The maximum absolute atomic E-state index is 12.7. The van der Waals surface area contributed by atoms with Gasteiger partial charge in [-0.05, 0) is 64.1 Å². The molecule has 168 valence electrons. The first-order valence-electron chi connectivity index (χ1n) is 9.63. The van der Waals surface area contributed by atoms with Crippen molar-refractivity contribution in [3.8, 4) is 5.69 Å². The van der Waals surface area contributed by atoms with Crippen molar-refractivity contribution < 1.29 is 18.1 Å². The summed E-state index contributed by atoms with van der Waals surface area (Å²) in [4.78, 5) is 23.1. The van der Waals surface area contributed by atoms with E-state index in [0.717, 1.165) is 0 Å². The van der Waals surface area contributed by atoms with E-state index in [1.807, 2.05) is 0 Å². The zero-order valence-electron chi connectivity index (χ0n) is 18.0. The molecule has 3 rings (SSSR count). The maximum Gasteiger partial charge on any atom is 0.269 e. The number of benzene rings is 2. The van der Waals surface area contributed by atoms with Gasteiger partial charge in [-0.2, -0.15) is 5.10 Å². The zero-order chi connectivity index (χ0) is 23.7. The van der Waals surface area contributed by atoms with Gasteiger partial charge >= 0.3 is 0 Å². The van der Waals surface area contributed by atoms with Crippen molar-refractivity contribution in [2.75, 3.05) is 5.32 Å². The molecule has 11 heteroatoms. The summed E-state index contributed by atoms with van der Waals surface area (Å²) in [6.07, 6.45) is 0. The first-order chi connectivity index (χ1) is 14.9. The summed E-state index contributed by atoms with van der Waals surface area (Å²) >= 11 is 0. The topological polar surface area (TPSA) is 136 Å². The molecule has 0 unspecified atom stereocenters. The second-order valence-electron chi connectivity index (χ2n) is 8.19. The number of aromatic nitrogens is 2. The molecular formula is C21H23N5O5S. The van der Waals surface area contributed by atoms with Gasteiger partial charge in [0.15, 0.2) is 0 Å². The molecule has 32 heavy (non-hydrogen) atoms. The van der Waals surface area contributed by atoms with Crippen LogP contribution in [0.4, 0.5) is 11.5 Å². The van der Waals surface area contributed by atoms with Gasteiger partial charge in [0.2, 0.25) is 10.0 Å². The Morgan fingerprint density at radius 1 is 1.06 bits per heavy atom. The molecule has 0 aliphatic carbocycles. The summed E-state index contributed by atoms with van der Waals surface area (Å²) < 4.78 is 28.9. The van der Waals surface area contributed by atoms with E-state index in [-0.39, 0.29) is 16.1 Å². The fourth-order valence-corrected chi connectivity index (χ4v) is 4.36. The molecule has 0 aliphatic rings. The molecule has 2 N–H and O–H groups in total. The van der Waals surface area contributed by atoms with Crippen molar-refractivity contribution in [3.05, 3.63) is 76.0 Å². The molecule has 1 heterocycles. The fraction of sp³-hybridized carbons (Fsp3) is 0.238. The number of hydrogen-bond donors (Lipinski definition) is 2. The average Bonchev–Trinajstić information content (AvgIpc) is 3.06. The number of nitrogens with zero attached hydrogens (tertiary/aromatic N) is 3. The number of carbonyl (C=O) groups is 1. The van der Waals surface area contributed by atoms with E-state index in [2.05, 4.69) is 15.1 Å². The number of sulfonamides is 1. The Kier molecular flexibility index (Phi) is 6.15. The van der Waals surface area contributed by atoms with Gasteiger partial charge in [0.05, 0.1) is 21.2 Å². The Bertz CT molecular complexity index is 1260. The maximum atomic E-state index is 12.7. The highest BCUT2D eigenvalue weighted by Gasteiger charge is 2.22. The van der Waals surface area contributed by atoms with Gasteiger partial charge in [-0.1, -0.05) is 0 Å². The quantitative estimate of drug-likeness (QED) is 0.430. The largest absolute Gasteiger partial charge is 0.306 e. The highest BCUT2D eigenvalue weighted by atomic mass is 32.2. The molecule has 1 aromatic heterocycles. The molecule has 3 aromatic rings. The summed E-state index contributed by atoms with van der Waals surface area (Å²) in [5.41, 5.74) is 0.735. The van der Waals surface area contributed by atoms with Gasteiger partial charge in [-0.25, -0.2) is 17.8 Å². The van der Waals surface area contributed by atoms with E-state index >= 15 is 0 Å². The predicted octanol–water partition coefficient (Wildman–Crippen LogP) is 3.42. The summed E-state index contributed by atoms with van der Waals surface area (Å²) in [7, 11) is -3.71. The van der Waals surface area contributed by atoms with Crippen LogP contribution in [0.15, 0.2) is 59.5 Å². The van der Waals surface area contributed by atoms with E-state index in [1.54, 1.807) is 33.8 Å². The van der Waals surface area contributed by atoms with Crippen LogP contribution in [-0.2, 0) is 10.0 Å². The van der Waals surface area contributed by atoms with Crippen molar-refractivity contribution in [1.82, 2.24) is 14.5 Å². The number of anilines is 1. The second kappa shape index (κ2) is 8.52. The van der Waals surface area contributed by atoms with Gasteiger partial charge in [0.1, 0.15) is 5.82 Å². The minimum absolute atomic E-state index is 0.0516. The lowest BCUT2D eigenvalue weighted by Crippen LogP contribution is -2.40. The molecule has 0 aliphatic heterocycles. The molecule has 0 fully saturated rings. The van der Waals surface area contributed by atoms with Crippen molar-refractivity contribution in [2.45, 2.75) is 38.1 Å². The lowest BCUT2D eigenvalue weighted by Gasteiger charge is -2.20.